The van der Waals surface area contributed by atoms with Crippen molar-refractivity contribution in [1.29, 1.82) is 10.5 Å². The molecule has 0 aliphatic carbocycles. The molecule has 0 spiro atoms. The topological polar surface area (TPSA) is 101 Å². The van der Waals surface area contributed by atoms with Crippen molar-refractivity contribution in [2.24, 2.45) is 11.0 Å². The third kappa shape index (κ3) is 4.11. The molecule has 1 amide bonds. The van der Waals surface area contributed by atoms with Crippen LogP contribution < -0.4 is 10.7 Å². The summed E-state index contributed by atoms with van der Waals surface area (Å²) < 4.78 is 0. The largest absolute Gasteiger partial charge is 0.324 e. The smallest absolute Gasteiger partial charge is 0.237 e. The number of nitrogens with zero attached hydrogens (tertiary/aromatic N) is 3. The predicted octanol–water partition coefficient (Wildman–Crippen LogP) is 2.40. The van der Waals surface area contributed by atoms with E-state index in [1.807, 2.05) is 13.0 Å². The first-order valence-corrected chi connectivity index (χ1v) is 6.03. The summed E-state index contributed by atoms with van der Waals surface area (Å²) in [6, 6.07) is 8.67. The van der Waals surface area contributed by atoms with Crippen molar-refractivity contribution < 1.29 is 4.79 Å². The highest BCUT2D eigenvalue weighted by Crippen LogP contribution is 2.23. The van der Waals surface area contributed by atoms with Gasteiger partial charge in [0.05, 0.1) is 11.4 Å². The standard InChI is InChI=1S/C14H15N5O/c1-9(2)14(20)17-12-5-4-10(3)6-13(12)19-18-11(7-15)8-16/h4-6,9,19H,1-3H3,(H,17,20). The van der Waals surface area contributed by atoms with E-state index in [-0.39, 0.29) is 17.5 Å². The van der Waals surface area contributed by atoms with Gasteiger partial charge in [0, 0.05) is 5.92 Å². The van der Waals surface area contributed by atoms with Crippen LogP contribution in [-0.2, 0) is 4.79 Å². The SMILES string of the molecule is Cc1ccc(NC(=O)C(C)C)c(NN=C(C#N)C#N)c1. The predicted molar refractivity (Wildman–Crippen MR) is 76.9 cm³/mol. The number of carbonyl (C=O) groups excluding carboxylic acids is 1. The van der Waals surface area contributed by atoms with E-state index < -0.39 is 0 Å². The molecule has 1 aromatic rings. The first-order valence-electron chi connectivity index (χ1n) is 6.03. The fraction of sp³-hybridized carbons (Fsp3) is 0.286. The first kappa shape index (κ1) is 15.2. The highest BCUT2D eigenvalue weighted by molar-refractivity contribution is 6.10. The van der Waals surface area contributed by atoms with Crippen LogP contribution in [0, 0.1) is 35.5 Å². The summed E-state index contributed by atoms with van der Waals surface area (Å²) in [6.07, 6.45) is 0. The van der Waals surface area contributed by atoms with Crippen LogP contribution in [0.4, 0.5) is 11.4 Å². The molecule has 0 unspecified atom stereocenters. The van der Waals surface area contributed by atoms with E-state index >= 15 is 0 Å². The van der Waals surface area contributed by atoms with E-state index in [1.54, 1.807) is 38.1 Å². The molecule has 6 nitrogen and oxygen atoms in total. The average molecular weight is 269 g/mol. The van der Waals surface area contributed by atoms with Crippen molar-refractivity contribution in [2.45, 2.75) is 20.8 Å². The number of nitrogens with one attached hydrogen (secondary N) is 2. The molecule has 20 heavy (non-hydrogen) atoms. The van der Waals surface area contributed by atoms with Crippen LogP contribution in [0.5, 0.6) is 0 Å². The number of hydrazone groups is 1. The normalized spacial score (nSPS) is 9.30. The minimum atomic E-state index is -0.285. The molecule has 0 atom stereocenters. The van der Waals surface area contributed by atoms with Gasteiger partial charge >= 0.3 is 0 Å². The minimum Gasteiger partial charge on any atom is -0.324 e. The monoisotopic (exact) mass is 269 g/mol. The third-order valence-corrected chi connectivity index (χ3v) is 2.46. The lowest BCUT2D eigenvalue weighted by atomic mass is 10.1. The summed E-state index contributed by atoms with van der Waals surface area (Å²) in [6.45, 7) is 5.47. The number of aryl methyl sites for hydroxylation is 1. The maximum atomic E-state index is 11.7. The second kappa shape index (κ2) is 6.91. The van der Waals surface area contributed by atoms with Crippen molar-refractivity contribution in [3.63, 3.8) is 0 Å². The zero-order valence-electron chi connectivity index (χ0n) is 11.6. The molecular weight excluding hydrogens is 254 g/mol. The number of benzene rings is 1. The van der Waals surface area contributed by atoms with E-state index in [2.05, 4.69) is 15.8 Å². The van der Waals surface area contributed by atoms with Crippen molar-refractivity contribution >= 4 is 23.0 Å². The number of nitriles is 2. The number of carbonyl (C=O) groups is 1. The number of amides is 1. The quantitative estimate of drug-likeness (QED) is 0.647. The second-order valence-corrected chi connectivity index (χ2v) is 4.49. The van der Waals surface area contributed by atoms with Gasteiger partial charge < -0.3 is 5.32 Å². The number of rotatable bonds is 4. The van der Waals surface area contributed by atoms with E-state index in [1.165, 1.54) is 0 Å². The summed E-state index contributed by atoms with van der Waals surface area (Å²) in [5.74, 6) is -0.275. The fourth-order valence-corrected chi connectivity index (χ4v) is 1.33. The highest BCUT2D eigenvalue weighted by Gasteiger charge is 2.10. The molecule has 0 aliphatic heterocycles. The molecule has 1 aromatic carbocycles. The molecule has 0 aromatic heterocycles. The van der Waals surface area contributed by atoms with E-state index in [0.29, 0.717) is 11.4 Å². The Hall–Kier alpha value is -2.86. The molecule has 0 radical (unpaired) electrons. The zero-order valence-corrected chi connectivity index (χ0v) is 11.6. The molecule has 0 saturated heterocycles. The van der Waals surface area contributed by atoms with Gasteiger partial charge in [-0.2, -0.15) is 15.6 Å². The van der Waals surface area contributed by atoms with Gasteiger partial charge in [0.2, 0.25) is 11.6 Å². The fourth-order valence-electron chi connectivity index (χ4n) is 1.33. The van der Waals surface area contributed by atoms with Crippen LogP contribution in [0.25, 0.3) is 0 Å². The van der Waals surface area contributed by atoms with Crippen molar-refractivity contribution in [1.82, 2.24) is 0 Å². The molecule has 0 aliphatic rings. The van der Waals surface area contributed by atoms with Gasteiger partial charge in [-0.3, -0.25) is 10.2 Å². The van der Waals surface area contributed by atoms with Crippen molar-refractivity contribution in [3.05, 3.63) is 23.8 Å². The van der Waals surface area contributed by atoms with Gasteiger partial charge in [0.15, 0.2) is 0 Å². The average Bonchev–Trinajstić information content (AvgIpc) is 2.42. The van der Waals surface area contributed by atoms with E-state index in [0.717, 1.165) is 5.56 Å². The number of hydrogen-bond donors (Lipinski definition) is 2. The molecule has 2 N–H and O–H groups in total. The van der Waals surface area contributed by atoms with Crippen LogP contribution in [-0.4, -0.2) is 11.6 Å². The molecular formula is C14H15N5O. The van der Waals surface area contributed by atoms with Crippen LogP contribution in [0.15, 0.2) is 23.3 Å². The molecule has 0 fully saturated rings. The minimum absolute atomic E-state index is 0.123. The Morgan fingerprint density at radius 2 is 1.90 bits per heavy atom. The second-order valence-electron chi connectivity index (χ2n) is 4.49. The molecule has 0 bridgehead atoms. The lowest BCUT2D eigenvalue weighted by molar-refractivity contribution is -0.118. The van der Waals surface area contributed by atoms with Crippen molar-refractivity contribution in [2.75, 3.05) is 10.7 Å². The lowest BCUT2D eigenvalue weighted by Gasteiger charge is -2.12. The summed E-state index contributed by atoms with van der Waals surface area (Å²) in [4.78, 5) is 11.7. The lowest BCUT2D eigenvalue weighted by Crippen LogP contribution is -2.18. The number of hydrogen-bond acceptors (Lipinski definition) is 5. The van der Waals surface area contributed by atoms with Gasteiger partial charge in [-0.25, -0.2) is 0 Å². The summed E-state index contributed by atoms with van der Waals surface area (Å²) in [7, 11) is 0. The van der Waals surface area contributed by atoms with Gasteiger partial charge in [-0.15, -0.1) is 0 Å². The first-order chi connectivity index (χ1) is 9.47. The van der Waals surface area contributed by atoms with Gasteiger partial charge in [0.25, 0.3) is 0 Å². The molecule has 0 heterocycles. The Morgan fingerprint density at radius 3 is 2.45 bits per heavy atom. The van der Waals surface area contributed by atoms with Crippen LogP contribution in [0.3, 0.4) is 0 Å². The van der Waals surface area contributed by atoms with Crippen molar-refractivity contribution in [3.8, 4) is 12.1 Å². The number of anilines is 2. The Morgan fingerprint density at radius 1 is 1.25 bits per heavy atom. The molecule has 0 saturated carbocycles. The Balaban J connectivity index is 3.03. The van der Waals surface area contributed by atoms with Crippen LogP contribution in [0.1, 0.15) is 19.4 Å². The zero-order chi connectivity index (χ0) is 15.1. The maximum absolute atomic E-state index is 11.7. The van der Waals surface area contributed by atoms with Gasteiger partial charge in [-0.1, -0.05) is 19.9 Å². The van der Waals surface area contributed by atoms with E-state index in [9.17, 15) is 4.79 Å². The summed E-state index contributed by atoms with van der Waals surface area (Å²) in [5.41, 5.74) is 4.38. The Bertz CT molecular complexity index is 603. The molecule has 1 rings (SSSR count). The van der Waals surface area contributed by atoms with Crippen LogP contribution >= 0.6 is 0 Å². The maximum Gasteiger partial charge on any atom is 0.237 e. The summed E-state index contributed by atoms with van der Waals surface area (Å²) >= 11 is 0. The summed E-state index contributed by atoms with van der Waals surface area (Å²) in [5, 5.41) is 23.7. The molecule has 6 heteroatoms. The van der Waals surface area contributed by atoms with Gasteiger partial charge in [0.1, 0.15) is 12.1 Å². The Kier molecular flexibility index (Phi) is 5.25. The molecule has 102 valence electrons. The Labute approximate surface area is 117 Å². The van der Waals surface area contributed by atoms with E-state index in [4.69, 9.17) is 10.5 Å². The van der Waals surface area contributed by atoms with Crippen LogP contribution in [0.2, 0.25) is 0 Å². The third-order valence-electron chi connectivity index (χ3n) is 2.46. The highest BCUT2D eigenvalue weighted by atomic mass is 16.1. The van der Waals surface area contributed by atoms with Gasteiger partial charge in [-0.05, 0) is 24.6 Å².